The third-order valence-corrected chi connectivity index (χ3v) is 2.26. The van der Waals surface area contributed by atoms with Crippen LogP contribution in [0.2, 0.25) is 0 Å². The first kappa shape index (κ1) is 9.64. The molecule has 0 unspecified atom stereocenters. The highest BCUT2D eigenvalue weighted by atomic mass is 16.5. The Kier molecular flexibility index (Phi) is 2.15. The van der Waals surface area contributed by atoms with Crippen LogP contribution < -0.4 is 10.2 Å². The predicted octanol–water partition coefficient (Wildman–Crippen LogP) is 0.669. The van der Waals surface area contributed by atoms with E-state index in [2.05, 4.69) is 4.98 Å². The predicted molar refractivity (Wildman–Crippen MR) is 57.2 cm³/mol. The zero-order valence-corrected chi connectivity index (χ0v) is 8.07. The van der Waals surface area contributed by atoms with Crippen molar-refractivity contribution in [3.05, 3.63) is 23.9 Å². The van der Waals surface area contributed by atoms with Gasteiger partial charge in [0, 0.05) is 5.52 Å². The molecule has 2 radical (unpaired) electrons. The van der Waals surface area contributed by atoms with E-state index in [1.807, 2.05) is 0 Å². The van der Waals surface area contributed by atoms with E-state index in [0.717, 1.165) is 0 Å². The summed E-state index contributed by atoms with van der Waals surface area (Å²) in [6.45, 7) is 0. The van der Waals surface area contributed by atoms with Crippen LogP contribution in [0.3, 0.4) is 0 Å². The number of aromatic amines is 1. The molecule has 0 amide bonds. The van der Waals surface area contributed by atoms with E-state index in [9.17, 15) is 4.79 Å². The van der Waals surface area contributed by atoms with Gasteiger partial charge in [-0.05, 0) is 29.0 Å². The van der Waals surface area contributed by atoms with Crippen molar-refractivity contribution in [3.8, 4) is 5.75 Å². The molecule has 0 atom stereocenters. The Labute approximate surface area is 87.3 Å². The van der Waals surface area contributed by atoms with Gasteiger partial charge in [-0.1, -0.05) is 0 Å². The fraction of sp³-hybridized carbons (Fsp3) is 0.100. The summed E-state index contributed by atoms with van der Waals surface area (Å²) in [6.07, 6.45) is 0. The number of aromatic nitrogens is 1. The molecular weight excluding hydrogens is 193 g/mol. The lowest BCUT2D eigenvalue weighted by molar-refractivity contribution is 0.0691. The largest absolute Gasteiger partial charge is 0.497 e. The van der Waals surface area contributed by atoms with Crippen molar-refractivity contribution in [2.75, 3.05) is 7.11 Å². The second-order valence-corrected chi connectivity index (χ2v) is 3.13. The number of methoxy groups -OCH3 is 1. The van der Waals surface area contributed by atoms with Crippen LogP contribution in [-0.4, -0.2) is 31.0 Å². The van der Waals surface area contributed by atoms with E-state index >= 15 is 0 Å². The lowest BCUT2D eigenvalue weighted by Crippen LogP contribution is -2.07. The number of aromatic carboxylic acids is 1. The fourth-order valence-corrected chi connectivity index (χ4v) is 1.50. The molecule has 2 rings (SSSR count). The Balaban J connectivity index is 2.71. The van der Waals surface area contributed by atoms with Crippen molar-refractivity contribution in [2.24, 2.45) is 0 Å². The zero-order chi connectivity index (χ0) is 11.0. The molecule has 2 aromatic rings. The van der Waals surface area contributed by atoms with Crippen molar-refractivity contribution in [2.45, 2.75) is 0 Å². The minimum absolute atomic E-state index is 0.116. The van der Waals surface area contributed by atoms with Crippen LogP contribution in [0.25, 0.3) is 10.9 Å². The number of benzene rings is 1. The van der Waals surface area contributed by atoms with Gasteiger partial charge in [-0.25, -0.2) is 4.79 Å². The van der Waals surface area contributed by atoms with Crippen LogP contribution in [0, 0.1) is 0 Å². The minimum Gasteiger partial charge on any atom is -0.497 e. The molecule has 0 aliphatic heterocycles. The van der Waals surface area contributed by atoms with Gasteiger partial charge < -0.3 is 14.8 Å². The highest BCUT2D eigenvalue weighted by molar-refractivity contribution is 6.40. The topological polar surface area (TPSA) is 62.3 Å². The minimum atomic E-state index is -1.01. The number of carbonyl (C=O) groups is 1. The summed E-state index contributed by atoms with van der Waals surface area (Å²) in [6, 6.07) is 4.92. The van der Waals surface area contributed by atoms with E-state index in [1.165, 1.54) is 13.2 Å². The van der Waals surface area contributed by atoms with Crippen LogP contribution in [0.1, 0.15) is 10.5 Å². The summed E-state index contributed by atoms with van der Waals surface area (Å²) in [4.78, 5) is 13.5. The van der Waals surface area contributed by atoms with Crippen LogP contribution >= 0.6 is 0 Å². The average Bonchev–Trinajstić information content (AvgIpc) is 2.63. The number of fused-ring (bicyclic) bond motifs is 1. The SMILES string of the molecule is [B]c1c(OC)ccc2[nH]c(C(=O)O)cc12. The Hall–Kier alpha value is -1.91. The summed E-state index contributed by atoms with van der Waals surface area (Å²) in [5.41, 5.74) is 1.24. The molecular formula is C10H8BNO3. The van der Waals surface area contributed by atoms with Crippen molar-refractivity contribution in [3.63, 3.8) is 0 Å². The third-order valence-electron chi connectivity index (χ3n) is 2.26. The van der Waals surface area contributed by atoms with E-state index in [4.69, 9.17) is 17.7 Å². The summed E-state index contributed by atoms with van der Waals surface area (Å²) < 4.78 is 5.04. The number of rotatable bonds is 2. The molecule has 0 aliphatic rings. The molecule has 4 nitrogen and oxygen atoms in total. The monoisotopic (exact) mass is 201 g/mol. The molecule has 1 aromatic heterocycles. The van der Waals surface area contributed by atoms with Gasteiger partial charge in [0.25, 0.3) is 0 Å². The van der Waals surface area contributed by atoms with Gasteiger partial charge in [-0.2, -0.15) is 0 Å². The lowest BCUT2D eigenvalue weighted by Gasteiger charge is -2.04. The molecule has 0 saturated heterocycles. The number of ether oxygens (including phenoxy) is 1. The van der Waals surface area contributed by atoms with Crippen molar-refractivity contribution < 1.29 is 14.6 Å². The van der Waals surface area contributed by atoms with Gasteiger partial charge in [0.1, 0.15) is 19.3 Å². The second-order valence-electron chi connectivity index (χ2n) is 3.13. The molecule has 0 fully saturated rings. The molecule has 15 heavy (non-hydrogen) atoms. The summed E-state index contributed by atoms with van der Waals surface area (Å²) >= 11 is 0. The van der Waals surface area contributed by atoms with Crippen LogP contribution in [0.5, 0.6) is 5.75 Å². The second kappa shape index (κ2) is 3.35. The van der Waals surface area contributed by atoms with E-state index in [-0.39, 0.29) is 5.69 Å². The average molecular weight is 201 g/mol. The number of nitrogens with one attached hydrogen (secondary N) is 1. The first-order chi connectivity index (χ1) is 7.13. The summed E-state index contributed by atoms with van der Waals surface area (Å²) in [7, 11) is 7.32. The molecule has 1 aromatic carbocycles. The maximum Gasteiger partial charge on any atom is 0.352 e. The first-order valence-corrected chi connectivity index (χ1v) is 4.32. The highest BCUT2D eigenvalue weighted by Gasteiger charge is 2.10. The quantitative estimate of drug-likeness (QED) is 0.701. The molecule has 5 heteroatoms. The van der Waals surface area contributed by atoms with Crippen molar-refractivity contribution in [1.29, 1.82) is 0 Å². The Morgan fingerprint density at radius 3 is 2.87 bits per heavy atom. The van der Waals surface area contributed by atoms with Crippen LogP contribution in [-0.2, 0) is 0 Å². The van der Waals surface area contributed by atoms with Gasteiger partial charge >= 0.3 is 5.97 Å². The zero-order valence-electron chi connectivity index (χ0n) is 8.07. The number of carboxylic acids is 1. The maximum atomic E-state index is 10.7. The Bertz CT molecular complexity index is 533. The number of H-pyrrole nitrogens is 1. The molecule has 74 valence electrons. The van der Waals surface area contributed by atoms with E-state index in [0.29, 0.717) is 22.1 Å². The first-order valence-electron chi connectivity index (χ1n) is 4.32. The molecule has 0 bridgehead atoms. The third kappa shape index (κ3) is 1.46. The standard InChI is InChI=1S/C10H8BNO3/c1-15-8-3-2-6-5(9(8)11)4-7(12-6)10(13)14/h2-4,12H,1H3,(H,13,14). The molecule has 2 N–H and O–H groups in total. The highest BCUT2D eigenvalue weighted by Crippen LogP contribution is 2.18. The lowest BCUT2D eigenvalue weighted by atomic mass is 9.91. The number of hydrogen-bond acceptors (Lipinski definition) is 2. The van der Waals surface area contributed by atoms with E-state index < -0.39 is 5.97 Å². The van der Waals surface area contributed by atoms with Gasteiger partial charge in [0.2, 0.25) is 0 Å². The Morgan fingerprint density at radius 2 is 2.27 bits per heavy atom. The maximum absolute atomic E-state index is 10.7. The molecule has 0 saturated carbocycles. The summed E-state index contributed by atoms with van der Waals surface area (Å²) in [5, 5.41) is 9.46. The molecule has 0 spiro atoms. The number of carboxylic acid groups (broad SMARTS) is 1. The number of hydrogen-bond donors (Lipinski definition) is 2. The fourth-order valence-electron chi connectivity index (χ4n) is 1.50. The Morgan fingerprint density at radius 1 is 1.53 bits per heavy atom. The van der Waals surface area contributed by atoms with Gasteiger partial charge in [-0.3, -0.25) is 0 Å². The van der Waals surface area contributed by atoms with Crippen molar-refractivity contribution in [1.82, 2.24) is 4.98 Å². The van der Waals surface area contributed by atoms with Crippen molar-refractivity contribution >= 4 is 30.2 Å². The van der Waals surface area contributed by atoms with Gasteiger partial charge in [-0.15, -0.1) is 0 Å². The van der Waals surface area contributed by atoms with Gasteiger partial charge in [0.15, 0.2) is 0 Å². The normalized spacial score (nSPS) is 10.5. The summed E-state index contributed by atoms with van der Waals surface area (Å²) in [5.74, 6) is -0.469. The van der Waals surface area contributed by atoms with Gasteiger partial charge in [0.05, 0.1) is 7.11 Å². The van der Waals surface area contributed by atoms with E-state index in [1.54, 1.807) is 12.1 Å². The van der Waals surface area contributed by atoms with Crippen LogP contribution in [0.4, 0.5) is 0 Å². The molecule has 0 aliphatic carbocycles. The molecule has 1 heterocycles. The smallest absolute Gasteiger partial charge is 0.352 e. The van der Waals surface area contributed by atoms with Crippen LogP contribution in [0.15, 0.2) is 18.2 Å².